The minimum Gasteiger partial charge on any atom is -0.444 e. The first kappa shape index (κ1) is 21.3. The molecule has 8 nitrogen and oxygen atoms in total. The summed E-state index contributed by atoms with van der Waals surface area (Å²) in [6.07, 6.45) is 3.33. The zero-order valence-electron chi connectivity index (χ0n) is 18.6. The molecule has 0 spiro atoms. The Labute approximate surface area is 182 Å². The third-order valence-electron chi connectivity index (χ3n) is 5.59. The van der Waals surface area contributed by atoms with Crippen LogP contribution in [0.5, 0.6) is 0 Å². The Morgan fingerprint density at radius 2 is 1.65 bits per heavy atom. The Morgan fingerprint density at radius 3 is 2.16 bits per heavy atom. The number of carbonyl (C=O) groups is 2. The SMILES string of the molecule is Cc1nnc(-c2ccc(C(=O)N(C3CC3)C3CCN(C(=O)OC(C)(C)C)CC3)cc2)o1. The van der Waals surface area contributed by atoms with E-state index in [2.05, 4.69) is 10.2 Å². The monoisotopic (exact) mass is 426 g/mol. The first-order valence-electron chi connectivity index (χ1n) is 10.9. The van der Waals surface area contributed by atoms with Gasteiger partial charge in [-0.3, -0.25) is 4.79 Å². The van der Waals surface area contributed by atoms with Gasteiger partial charge < -0.3 is 19.0 Å². The fraction of sp³-hybridized carbons (Fsp3) is 0.565. The Kier molecular flexibility index (Phi) is 5.73. The molecule has 0 atom stereocenters. The van der Waals surface area contributed by atoms with Crippen molar-refractivity contribution in [2.45, 2.75) is 71.1 Å². The highest BCUT2D eigenvalue weighted by Crippen LogP contribution is 2.34. The molecule has 0 bridgehead atoms. The summed E-state index contributed by atoms with van der Waals surface area (Å²) < 4.78 is 10.9. The number of aromatic nitrogens is 2. The molecule has 1 saturated carbocycles. The summed E-state index contributed by atoms with van der Waals surface area (Å²) in [7, 11) is 0. The molecule has 8 heteroatoms. The van der Waals surface area contributed by atoms with Crippen molar-refractivity contribution in [3.05, 3.63) is 35.7 Å². The summed E-state index contributed by atoms with van der Waals surface area (Å²) in [6, 6.07) is 7.76. The van der Waals surface area contributed by atoms with Crippen molar-refractivity contribution in [2.24, 2.45) is 0 Å². The molecule has 4 rings (SSSR count). The summed E-state index contributed by atoms with van der Waals surface area (Å²) >= 11 is 0. The molecular weight excluding hydrogens is 396 g/mol. The molecule has 1 aromatic heterocycles. The molecule has 0 unspecified atom stereocenters. The van der Waals surface area contributed by atoms with E-state index in [1.54, 1.807) is 11.8 Å². The van der Waals surface area contributed by atoms with Gasteiger partial charge in [-0.25, -0.2) is 4.79 Å². The number of hydrogen-bond acceptors (Lipinski definition) is 6. The van der Waals surface area contributed by atoms with Gasteiger partial charge in [-0.1, -0.05) is 0 Å². The largest absolute Gasteiger partial charge is 0.444 e. The van der Waals surface area contributed by atoms with E-state index in [9.17, 15) is 9.59 Å². The van der Waals surface area contributed by atoms with Crippen LogP contribution in [0.1, 0.15) is 62.7 Å². The van der Waals surface area contributed by atoms with E-state index in [0.29, 0.717) is 36.5 Å². The predicted octanol–water partition coefficient (Wildman–Crippen LogP) is 4.05. The van der Waals surface area contributed by atoms with Crippen LogP contribution in [0.3, 0.4) is 0 Å². The number of ether oxygens (including phenoxy) is 1. The Hall–Kier alpha value is -2.90. The number of likely N-dealkylation sites (tertiary alicyclic amines) is 1. The lowest BCUT2D eigenvalue weighted by atomic mass is 10.0. The topological polar surface area (TPSA) is 88.8 Å². The van der Waals surface area contributed by atoms with Crippen LogP contribution in [0.2, 0.25) is 0 Å². The molecular formula is C23H30N4O4. The molecule has 2 aromatic rings. The van der Waals surface area contributed by atoms with Crippen LogP contribution in [0.15, 0.2) is 28.7 Å². The van der Waals surface area contributed by atoms with Gasteiger partial charge >= 0.3 is 6.09 Å². The number of nitrogens with zero attached hydrogens (tertiary/aromatic N) is 4. The fourth-order valence-electron chi connectivity index (χ4n) is 3.95. The molecule has 1 aliphatic heterocycles. The van der Waals surface area contributed by atoms with Crippen LogP contribution in [-0.4, -0.2) is 62.8 Å². The van der Waals surface area contributed by atoms with E-state index in [-0.39, 0.29) is 18.0 Å². The van der Waals surface area contributed by atoms with Crippen LogP contribution < -0.4 is 0 Å². The van der Waals surface area contributed by atoms with Gasteiger partial charge in [0.2, 0.25) is 11.8 Å². The smallest absolute Gasteiger partial charge is 0.410 e. The van der Waals surface area contributed by atoms with Gasteiger partial charge in [0, 0.05) is 43.2 Å². The molecule has 31 heavy (non-hydrogen) atoms. The molecule has 1 aromatic carbocycles. The summed E-state index contributed by atoms with van der Waals surface area (Å²) in [5.41, 5.74) is 0.943. The summed E-state index contributed by atoms with van der Waals surface area (Å²) in [4.78, 5) is 29.5. The van der Waals surface area contributed by atoms with Crippen LogP contribution >= 0.6 is 0 Å². The van der Waals surface area contributed by atoms with Crippen molar-refractivity contribution >= 4 is 12.0 Å². The highest BCUT2D eigenvalue weighted by Gasteiger charge is 2.39. The van der Waals surface area contributed by atoms with E-state index in [4.69, 9.17) is 9.15 Å². The maximum atomic E-state index is 13.3. The van der Waals surface area contributed by atoms with Gasteiger partial charge in [0.15, 0.2) is 0 Å². The Bertz CT molecular complexity index is 935. The molecule has 2 fully saturated rings. The van der Waals surface area contributed by atoms with E-state index >= 15 is 0 Å². The lowest BCUT2D eigenvalue weighted by Gasteiger charge is -2.39. The quantitative estimate of drug-likeness (QED) is 0.733. The van der Waals surface area contributed by atoms with E-state index in [0.717, 1.165) is 31.2 Å². The number of hydrogen-bond donors (Lipinski definition) is 0. The van der Waals surface area contributed by atoms with Crippen molar-refractivity contribution in [1.29, 1.82) is 0 Å². The van der Waals surface area contributed by atoms with Crippen LogP contribution in [-0.2, 0) is 4.74 Å². The standard InChI is InChI=1S/C23H30N4O4/c1-15-24-25-20(30-15)16-5-7-17(8-6-16)21(28)27(18-9-10-18)19-11-13-26(14-12-19)22(29)31-23(2,3)4/h5-8,18-19H,9-14H2,1-4H3. The molecule has 2 heterocycles. The number of benzene rings is 1. The highest BCUT2D eigenvalue weighted by atomic mass is 16.6. The Morgan fingerprint density at radius 1 is 1.03 bits per heavy atom. The minimum absolute atomic E-state index is 0.0477. The van der Waals surface area contributed by atoms with E-state index in [1.807, 2.05) is 49.9 Å². The van der Waals surface area contributed by atoms with Gasteiger partial charge in [0.1, 0.15) is 5.60 Å². The molecule has 0 radical (unpaired) electrons. The maximum absolute atomic E-state index is 13.3. The second-order valence-electron chi connectivity index (χ2n) is 9.35. The lowest BCUT2D eigenvalue weighted by Crippen LogP contribution is -2.50. The number of piperidine rings is 1. The number of rotatable bonds is 4. The number of aryl methyl sites for hydroxylation is 1. The first-order chi connectivity index (χ1) is 14.7. The van der Waals surface area contributed by atoms with Crippen LogP contribution in [0.25, 0.3) is 11.5 Å². The van der Waals surface area contributed by atoms with Gasteiger partial charge in [0.05, 0.1) is 0 Å². The summed E-state index contributed by atoms with van der Waals surface area (Å²) in [5.74, 6) is 1.00. The third kappa shape index (κ3) is 5.06. The molecule has 2 amide bonds. The lowest BCUT2D eigenvalue weighted by molar-refractivity contribution is 0.0142. The summed E-state index contributed by atoms with van der Waals surface area (Å²) in [6.45, 7) is 8.56. The van der Waals surface area contributed by atoms with Gasteiger partial charge in [-0.05, 0) is 70.7 Å². The van der Waals surface area contributed by atoms with Crippen molar-refractivity contribution in [1.82, 2.24) is 20.0 Å². The fourth-order valence-corrected chi connectivity index (χ4v) is 3.95. The van der Waals surface area contributed by atoms with Crippen molar-refractivity contribution in [3.63, 3.8) is 0 Å². The molecule has 1 saturated heterocycles. The third-order valence-corrected chi connectivity index (χ3v) is 5.59. The molecule has 166 valence electrons. The van der Waals surface area contributed by atoms with E-state index in [1.165, 1.54) is 0 Å². The van der Waals surface area contributed by atoms with E-state index < -0.39 is 5.60 Å². The Balaban J connectivity index is 1.41. The average Bonchev–Trinajstić information content (AvgIpc) is 3.46. The molecule has 1 aliphatic carbocycles. The first-order valence-corrected chi connectivity index (χ1v) is 10.9. The second-order valence-corrected chi connectivity index (χ2v) is 9.35. The van der Waals surface area contributed by atoms with Crippen molar-refractivity contribution in [3.8, 4) is 11.5 Å². The predicted molar refractivity (Wildman–Crippen MR) is 114 cm³/mol. The zero-order valence-corrected chi connectivity index (χ0v) is 18.6. The maximum Gasteiger partial charge on any atom is 0.410 e. The van der Waals surface area contributed by atoms with Crippen LogP contribution in [0.4, 0.5) is 4.79 Å². The van der Waals surface area contributed by atoms with Gasteiger partial charge in [-0.15, -0.1) is 10.2 Å². The number of amides is 2. The molecule has 2 aliphatic rings. The number of carbonyl (C=O) groups excluding carboxylic acids is 2. The second kappa shape index (κ2) is 8.32. The van der Waals surface area contributed by atoms with Gasteiger partial charge in [0.25, 0.3) is 5.91 Å². The van der Waals surface area contributed by atoms with Crippen molar-refractivity contribution < 1.29 is 18.7 Å². The zero-order chi connectivity index (χ0) is 22.2. The van der Waals surface area contributed by atoms with Crippen molar-refractivity contribution in [2.75, 3.05) is 13.1 Å². The van der Waals surface area contributed by atoms with Crippen LogP contribution in [0, 0.1) is 6.92 Å². The highest BCUT2D eigenvalue weighted by molar-refractivity contribution is 5.95. The summed E-state index contributed by atoms with van der Waals surface area (Å²) in [5, 5.41) is 7.88. The minimum atomic E-state index is -0.504. The molecule has 0 N–H and O–H groups in total. The van der Waals surface area contributed by atoms with Gasteiger partial charge in [-0.2, -0.15) is 0 Å². The average molecular weight is 427 g/mol. The normalized spacial score (nSPS) is 17.5.